The molecule has 0 fully saturated rings. The molecule has 2 aromatic heterocycles. The molecule has 0 radical (unpaired) electrons. The number of carbonyl (C=O) groups excluding carboxylic acids is 1. The van der Waals surface area contributed by atoms with Gasteiger partial charge in [-0.15, -0.1) is 11.3 Å². The average molecular weight is 341 g/mol. The van der Waals surface area contributed by atoms with Crippen molar-refractivity contribution in [3.8, 4) is 11.6 Å². The summed E-state index contributed by atoms with van der Waals surface area (Å²) in [5.74, 6) is 1.15. The zero-order valence-corrected chi connectivity index (χ0v) is 14.3. The number of rotatable bonds is 3. The number of nitrogens with zero attached hydrogens (tertiary/aromatic N) is 3. The van der Waals surface area contributed by atoms with E-state index < -0.39 is 0 Å². The van der Waals surface area contributed by atoms with Crippen LogP contribution in [0.25, 0.3) is 16.6 Å². The SMILES string of the molecule is COc1ccc2c(c1)C(=Cc1c(OC)nc3sccn13)C(=O)N2C. The summed E-state index contributed by atoms with van der Waals surface area (Å²) in [5.41, 5.74) is 3.05. The molecule has 0 atom stereocenters. The van der Waals surface area contributed by atoms with Crippen molar-refractivity contribution >= 4 is 39.5 Å². The van der Waals surface area contributed by atoms with Gasteiger partial charge in [0.25, 0.3) is 5.91 Å². The first kappa shape index (κ1) is 14.8. The smallest absolute Gasteiger partial charge is 0.258 e. The Labute approximate surface area is 142 Å². The average Bonchev–Trinajstić information content (AvgIpc) is 3.24. The van der Waals surface area contributed by atoms with Gasteiger partial charge in [-0.2, -0.15) is 4.98 Å². The van der Waals surface area contributed by atoms with Crippen molar-refractivity contribution in [3.05, 3.63) is 41.0 Å². The fraction of sp³-hybridized carbons (Fsp3) is 0.176. The summed E-state index contributed by atoms with van der Waals surface area (Å²) in [6.45, 7) is 0. The fourth-order valence-electron chi connectivity index (χ4n) is 2.90. The topological polar surface area (TPSA) is 56.1 Å². The summed E-state index contributed by atoms with van der Waals surface area (Å²) in [7, 11) is 4.96. The number of hydrogen-bond acceptors (Lipinski definition) is 5. The zero-order chi connectivity index (χ0) is 16.8. The van der Waals surface area contributed by atoms with Crippen molar-refractivity contribution in [1.82, 2.24) is 9.38 Å². The molecule has 1 aliphatic heterocycles. The molecule has 1 aromatic carbocycles. The number of fused-ring (bicyclic) bond motifs is 2. The van der Waals surface area contributed by atoms with Crippen LogP contribution in [0.15, 0.2) is 29.8 Å². The summed E-state index contributed by atoms with van der Waals surface area (Å²) in [6, 6.07) is 5.61. The Morgan fingerprint density at radius 3 is 2.83 bits per heavy atom. The number of benzene rings is 1. The number of thiazole rings is 1. The van der Waals surface area contributed by atoms with E-state index in [1.165, 1.54) is 11.3 Å². The van der Waals surface area contributed by atoms with E-state index in [1.807, 2.05) is 40.3 Å². The van der Waals surface area contributed by atoms with E-state index in [4.69, 9.17) is 9.47 Å². The van der Waals surface area contributed by atoms with Crippen LogP contribution in [0, 0.1) is 0 Å². The molecule has 122 valence electrons. The monoisotopic (exact) mass is 341 g/mol. The molecule has 7 heteroatoms. The second-order valence-electron chi connectivity index (χ2n) is 5.37. The lowest BCUT2D eigenvalue weighted by Gasteiger charge is -2.09. The lowest BCUT2D eigenvalue weighted by molar-refractivity contribution is -0.112. The van der Waals surface area contributed by atoms with Gasteiger partial charge in [-0.25, -0.2) is 0 Å². The number of carbonyl (C=O) groups is 1. The number of amides is 1. The third-order valence-electron chi connectivity index (χ3n) is 4.13. The molecule has 0 unspecified atom stereocenters. The first-order valence-electron chi connectivity index (χ1n) is 7.31. The van der Waals surface area contributed by atoms with Gasteiger partial charge in [0.15, 0.2) is 4.96 Å². The summed E-state index contributed by atoms with van der Waals surface area (Å²) >= 11 is 1.52. The van der Waals surface area contributed by atoms with Crippen LogP contribution in [-0.4, -0.2) is 36.6 Å². The summed E-state index contributed by atoms with van der Waals surface area (Å²) in [5, 5.41) is 1.95. The normalized spacial score (nSPS) is 15.4. The molecule has 3 aromatic rings. The number of anilines is 1. The van der Waals surface area contributed by atoms with Gasteiger partial charge in [-0.3, -0.25) is 9.20 Å². The molecule has 0 saturated heterocycles. The first-order chi connectivity index (χ1) is 11.6. The van der Waals surface area contributed by atoms with Gasteiger partial charge in [0, 0.05) is 24.2 Å². The number of methoxy groups -OCH3 is 2. The quantitative estimate of drug-likeness (QED) is 0.687. The summed E-state index contributed by atoms with van der Waals surface area (Å²) in [6.07, 6.45) is 3.74. The van der Waals surface area contributed by atoms with Crippen LogP contribution < -0.4 is 14.4 Å². The molecule has 1 amide bonds. The van der Waals surface area contributed by atoms with Crippen molar-refractivity contribution < 1.29 is 14.3 Å². The highest BCUT2D eigenvalue weighted by atomic mass is 32.1. The fourth-order valence-corrected chi connectivity index (χ4v) is 3.61. The molecular weight excluding hydrogens is 326 g/mol. The third-order valence-corrected chi connectivity index (χ3v) is 4.89. The Morgan fingerprint density at radius 2 is 2.08 bits per heavy atom. The van der Waals surface area contributed by atoms with E-state index in [-0.39, 0.29) is 5.91 Å². The minimum absolute atomic E-state index is 0.0644. The second kappa shape index (κ2) is 5.38. The largest absolute Gasteiger partial charge is 0.497 e. The predicted molar refractivity (Wildman–Crippen MR) is 93.9 cm³/mol. The van der Waals surface area contributed by atoms with Gasteiger partial charge in [0.1, 0.15) is 11.4 Å². The highest BCUT2D eigenvalue weighted by Crippen LogP contribution is 2.40. The van der Waals surface area contributed by atoms with Gasteiger partial charge in [-0.05, 0) is 24.3 Å². The maximum absolute atomic E-state index is 12.7. The number of hydrogen-bond donors (Lipinski definition) is 0. The van der Waals surface area contributed by atoms with Crippen LogP contribution in [-0.2, 0) is 4.79 Å². The summed E-state index contributed by atoms with van der Waals surface area (Å²) < 4.78 is 12.6. The van der Waals surface area contributed by atoms with E-state index in [2.05, 4.69) is 4.98 Å². The van der Waals surface area contributed by atoms with Crippen LogP contribution in [0.1, 0.15) is 11.3 Å². The highest BCUT2D eigenvalue weighted by Gasteiger charge is 2.31. The van der Waals surface area contributed by atoms with E-state index >= 15 is 0 Å². The molecule has 24 heavy (non-hydrogen) atoms. The van der Waals surface area contributed by atoms with Gasteiger partial charge < -0.3 is 14.4 Å². The van der Waals surface area contributed by atoms with Crippen molar-refractivity contribution in [1.29, 1.82) is 0 Å². The van der Waals surface area contributed by atoms with Crippen LogP contribution in [0.2, 0.25) is 0 Å². The lowest BCUT2D eigenvalue weighted by atomic mass is 10.1. The van der Waals surface area contributed by atoms with E-state index in [1.54, 1.807) is 26.2 Å². The van der Waals surface area contributed by atoms with E-state index in [9.17, 15) is 4.79 Å². The van der Waals surface area contributed by atoms with E-state index in [0.717, 1.165) is 21.9 Å². The predicted octanol–water partition coefficient (Wildman–Crippen LogP) is 2.93. The van der Waals surface area contributed by atoms with Crippen LogP contribution in [0.4, 0.5) is 5.69 Å². The Hall–Kier alpha value is -2.80. The molecular formula is C17H15N3O3S. The minimum Gasteiger partial charge on any atom is -0.497 e. The minimum atomic E-state index is -0.0644. The van der Waals surface area contributed by atoms with Crippen LogP contribution in [0.3, 0.4) is 0 Å². The summed E-state index contributed by atoms with van der Waals surface area (Å²) in [4.78, 5) is 19.6. The molecule has 3 heterocycles. The molecule has 0 saturated carbocycles. The Bertz CT molecular complexity index is 986. The van der Waals surface area contributed by atoms with Gasteiger partial charge >= 0.3 is 0 Å². The maximum atomic E-state index is 12.7. The lowest BCUT2D eigenvalue weighted by Crippen LogP contribution is -2.20. The molecule has 4 rings (SSSR count). The number of aromatic nitrogens is 2. The van der Waals surface area contributed by atoms with Crippen molar-refractivity contribution in [2.24, 2.45) is 0 Å². The van der Waals surface area contributed by atoms with E-state index in [0.29, 0.717) is 17.2 Å². The van der Waals surface area contributed by atoms with Crippen LogP contribution in [0.5, 0.6) is 11.6 Å². The second-order valence-corrected chi connectivity index (χ2v) is 6.24. The van der Waals surface area contributed by atoms with Crippen molar-refractivity contribution in [2.45, 2.75) is 0 Å². The van der Waals surface area contributed by atoms with Gasteiger partial charge in [0.2, 0.25) is 5.88 Å². The number of likely N-dealkylation sites (N-methyl/N-ethyl adjacent to an activating group) is 1. The zero-order valence-electron chi connectivity index (χ0n) is 13.4. The van der Waals surface area contributed by atoms with Gasteiger partial charge in [-0.1, -0.05) is 0 Å². The number of ether oxygens (including phenoxy) is 2. The Kier molecular flexibility index (Phi) is 3.31. The molecule has 6 nitrogen and oxygen atoms in total. The highest BCUT2D eigenvalue weighted by molar-refractivity contribution is 7.15. The Balaban J connectivity index is 1.94. The van der Waals surface area contributed by atoms with Crippen molar-refractivity contribution in [3.63, 3.8) is 0 Å². The molecule has 0 aliphatic carbocycles. The van der Waals surface area contributed by atoms with Gasteiger partial charge in [0.05, 0.1) is 25.5 Å². The van der Waals surface area contributed by atoms with Crippen LogP contribution >= 0.6 is 11.3 Å². The Morgan fingerprint density at radius 1 is 1.25 bits per heavy atom. The molecule has 0 bridgehead atoms. The first-order valence-corrected chi connectivity index (χ1v) is 8.19. The third kappa shape index (κ3) is 2.01. The molecule has 1 aliphatic rings. The number of imidazole rings is 1. The molecule has 0 spiro atoms. The maximum Gasteiger partial charge on any atom is 0.258 e. The standard InChI is InChI=1S/C17H15N3O3S/c1-19-13-5-4-10(22-2)8-11(13)12(16(19)21)9-14-15(23-3)18-17-20(14)6-7-24-17/h4-9H,1-3H3. The van der Waals surface area contributed by atoms with Crippen molar-refractivity contribution in [2.75, 3.05) is 26.2 Å². The molecule has 0 N–H and O–H groups in total.